The molecule has 0 bridgehead atoms. The van der Waals surface area contributed by atoms with Crippen LogP contribution in [0.1, 0.15) is 38.7 Å². The fourth-order valence-corrected chi connectivity index (χ4v) is 2.08. The first-order chi connectivity index (χ1) is 9.65. The van der Waals surface area contributed by atoms with Crippen LogP contribution >= 0.6 is 0 Å². The molecule has 1 unspecified atom stereocenters. The van der Waals surface area contributed by atoms with E-state index in [4.69, 9.17) is 4.74 Å². The molecule has 0 radical (unpaired) electrons. The lowest BCUT2D eigenvalue weighted by atomic mass is 9.96. The van der Waals surface area contributed by atoms with Crippen LogP contribution in [0.4, 0.5) is 0 Å². The van der Waals surface area contributed by atoms with E-state index in [9.17, 15) is 10.1 Å². The molecule has 1 aromatic rings. The quantitative estimate of drug-likeness (QED) is 0.768. The van der Waals surface area contributed by atoms with Gasteiger partial charge in [-0.1, -0.05) is 12.1 Å². The number of rotatable bonds is 7. The first-order valence-electron chi connectivity index (χ1n) is 7.06. The second-order valence-corrected chi connectivity index (χ2v) is 4.45. The van der Waals surface area contributed by atoms with Gasteiger partial charge in [0.2, 0.25) is 5.91 Å². The lowest BCUT2D eigenvalue weighted by Gasteiger charge is -2.20. The van der Waals surface area contributed by atoms with Gasteiger partial charge in [-0.15, -0.1) is 0 Å². The van der Waals surface area contributed by atoms with Crippen LogP contribution in [-0.4, -0.2) is 30.5 Å². The summed E-state index contributed by atoms with van der Waals surface area (Å²) in [7, 11) is 0. The summed E-state index contributed by atoms with van der Waals surface area (Å²) in [5, 5.41) is 9.28. The van der Waals surface area contributed by atoms with Crippen molar-refractivity contribution in [2.45, 2.75) is 33.1 Å². The van der Waals surface area contributed by atoms with E-state index >= 15 is 0 Å². The number of carbonyl (C=O) groups excluding carboxylic acids is 1. The Balaban J connectivity index is 2.76. The number of benzene rings is 1. The second kappa shape index (κ2) is 8.21. The van der Waals surface area contributed by atoms with Gasteiger partial charge in [0.05, 0.1) is 18.6 Å². The summed E-state index contributed by atoms with van der Waals surface area (Å²) in [6.07, 6.45) is 0.228. The van der Waals surface area contributed by atoms with Crippen molar-refractivity contribution >= 4 is 5.91 Å². The highest BCUT2D eigenvalue weighted by Crippen LogP contribution is 2.22. The van der Waals surface area contributed by atoms with Crippen molar-refractivity contribution in [2.75, 3.05) is 19.7 Å². The summed E-state index contributed by atoms with van der Waals surface area (Å²) in [6.45, 7) is 7.78. The predicted octanol–water partition coefficient (Wildman–Crippen LogP) is 2.95. The molecule has 1 atom stereocenters. The van der Waals surface area contributed by atoms with Crippen LogP contribution < -0.4 is 4.74 Å². The highest BCUT2D eigenvalue weighted by molar-refractivity contribution is 5.77. The number of ether oxygens (including phenoxy) is 1. The maximum atomic E-state index is 12.1. The van der Waals surface area contributed by atoms with Crippen molar-refractivity contribution in [1.29, 1.82) is 5.26 Å². The minimum atomic E-state index is -0.404. The van der Waals surface area contributed by atoms with Gasteiger partial charge in [-0.25, -0.2) is 0 Å². The van der Waals surface area contributed by atoms with E-state index in [1.165, 1.54) is 0 Å². The molecule has 4 heteroatoms. The third-order valence-electron chi connectivity index (χ3n) is 3.24. The standard InChI is InChI=1S/C16H22N2O2/c1-4-18(5-2)16(19)11-14(12-17)13-7-9-15(10-8-13)20-6-3/h7-10,14H,4-6,11H2,1-3H3. The summed E-state index contributed by atoms with van der Waals surface area (Å²) < 4.78 is 5.37. The number of nitriles is 1. The molecule has 1 amide bonds. The number of carbonyl (C=O) groups is 1. The molecule has 0 spiro atoms. The zero-order valence-corrected chi connectivity index (χ0v) is 12.4. The van der Waals surface area contributed by atoms with Gasteiger partial charge in [-0.3, -0.25) is 4.79 Å². The maximum absolute atomic E-state index is 12.1. The minimum absolute atomic E-state index is 0.0236. The fourth-order valence-electron chi connectivity index (χ4n) is 2.08. The van der Waals surface area contributed by atoms with Crippen molar-refractivity contribution in [3.63, 3.8) is 0 Å². The average Bonchev–Trinajstić information content (AvgIpc) is 2.47. The van der Waals surface area contributed by atoms with Crippen LogP contribution in [0.15, 0.2) is 24.3 Å². The van der Waals surface area contributed by atoms with Crippen LogP contribution in [0, 0.1) is 11.3 Å². The van der Waals surface area contributed by atoms with Crippen LogP contribution in [0.3, 0.4) is 0 Å². The van der Waals surface area contributed by atoms with Crippen molar-refractivity contribution in [3.05, 3.63) is 29.8 Å². The number of amides is 1. The Morgan fingerprint density at radius 3 is 2.30 bits per heavy atom. The maximum Gasteiger partial charge on any atom is 0.224 e. The third kappa shape index (κ3) is 4.27. The Morgan fingerprint density at radius 1 is 1.25 bits per heavy atom. The minimum Gasteiger partial charge on any atom is -0.494 e. The zero-order chi connectivity index (χ0) is 15.0. The van der Waals surface area contributed by atoms with Gasteiger partial charge < -0.3 is 9.64 Å². The summed E-state index contributed by atoms with van der Waals surface area (Å²) in [4.78, 5) is 13.8. The number of nitrogens with zero attached hydrogens (tertiary/aromatic N) is 2. The normalized spacial score (nSPS) is 11.5. The molecule has 0 aromatic heterocycles. The lowest BCUT2D eigenvalue weighted by molar-refractivity contribution is -0.130. The van der Waals surface area contributed by atoms with Gasteiger partial charge >= 0.3 is 0 Å². The Morgan fingerprint density at radius 2 is 1.85 bits per heavy atom. The van der Waals surface area contributed by atoms with Gasteiger partial charge in [0, 0.05) is 19.5 Å². The monoisotopic (exact) mass is 274 g/mol. The van der Waals surface area contributed by atoms with Gasteiger partial charge in [0.1, 0.15) is 5.75 Å². The van der Waals surface area contributed by atoms with E-state index in [1.807, 2.05) is 45.0 Å². The zero-order valence-electron chi connectivity index (χ0n) is 12.4. The second-order valence-electron chi connectivity index (χ2n) is 4.45. The summed E-state index contributed by atoms with van der Waals surface area (Å²) in [5.41, 5.74) is 0.858. The molecular weight excluding hydrogens is 252 g/mol. The molecule has 4 nitrogen and oxygen atoms in total. The van der Waals surface area contributed by atoms with Gasteiger partial charge in [-0.2, -0.15) is 5.26 Å². The first-order valence-corrected chi connectivity index (χ1v) is 7.06. The van der Waals surface area contributed by atoms with Gasteiger partial charge in [0.15, 0.2) is 0 Å². The Labute approximate surface area is 121 Å². The Bertz CT molecular complexity index is 458. The Kier molecular flexibility index (Phi) is 6.58. The van der Waals surface area contributed by atoms with Crippen LogP contribution in [0.25, 0.3) is 0 Å². The lowest BCUT2D eigenvalue weighted by Crippen LogP contribution is -2.31. The smallest absolute Gasteiger partial charge is 0.224 e. The molecule has 0 aliphatic rings. The van der Waals surface area contributed by atoms with E-state index < -0.39 is 5.92 Å². The molecule has 108 valence electrons. The average molecular weight is 274 g/mol. The predicted molar refractivity (Wildman–Crippen MR) is 78.5 cm³/mol. The summed E-state index contributed by atoms with van der Waals surface area (Å²) in [6, 6.07) is 9.60. The molecule has 0 saturated carbocycles. The van der Waals surface area contributed by atoms with E-state index in [2.05, 4.69) is 6.07 Å². The Hall–Kier alpha value is -2.02. The highest BCUT2D eigenvalue weighted by Gasteiger charge is 2.18. The van der Waals surface area contributed by atoms with Gasteiger partial charge in [-0.05, 0) is 38.5 Å². The highest BCUT2D eigenvalue weighted by atomic mass is 16.5. The number of hydrogen-bond acceptors (Lipinski definition) is 3. The van der Waals surface area contributed by atoms with E-state index in [-0.39, 0.29) is 12.3 Å². The molecule has 0 aliphatic carbocycles. The fraction of sp³-hybridized carbons (Fsp3) is 0.500. The SMILES string of the molecule is CCOc1ccc(C(C#N)CC(=O)N(CC)CC)cc1. The molecule has 0 N–H and O–H groups in total. The molecular formula is C16H22N2O2. The van der Waals surface area contributed by atoms with Gasteiger partial charge in [0.25, 0.3) is 0 Å². The van der Waals surface area contributed by atoms with Crippen LogP contribution in [0.2, 0.25) is 0 Å². The van der Waals surface area contributed by atoms with Crippen LogP contribution in [-0.2, 0) is 4.79 Å². The summed E-state index contributed by atoms with van der Waals surface area (Å²) >= 11 is 0. The molecule has 0 saturated heterocycles. The molecule has 1 rings (SSSR count). The molecule has 0 fully saturated rings. The molecule has 0 heterocycles. The van der Waals surface area contributed by atoms with Crippen LogP contribution in [0.5, 0.6) is 5.75 Å². The van der Waals surface area contributed by atoms with E-state index in [1.54, 1.807) is 4.90 Å². The molecule has 20 heavy (non-hydrogen) atoms. The largest absolute Gasteiger partial charge is 0.494 e. The van der Waals surface area contributed by atoms with E-state index in [0.29, 0.717) is 19.7 Å². The van der Waals surface area contributed by atoms with Crippen molar-refractivity contribution in [3.8, 4) is 11.8 Å². The number of hydrogen-bond donors (Lipinski definition) is 0. The summed E-state index contributed by atoms with van der Waals surface area (Å²) in [5.74, 6) is 0.400. The molecule has 0 aliphatic heterocycles. The van der Waals surface area contributed by atoms with Crippen molar-refractivity contribution in [1.82, 2.24) is 4.90 Å². The third-order valence-corrected chi connectivity index (χ3v) is 3.24. The van der Waals surface area contributed by atoms with Crippen molar-refractivity contribution < 1.29 is 9.53 Å². The van der Waals surface area contributed by atoms with Crippen molar-refractivity contribution in [2.24, 2.45) is 0 Å². The first kappa shape index (κ1) is 16.0. The topological polar surface area (TPSA) is 53.3 Å². The van der Waals surface area contributed by atoms with E-state index in [0.717, 1.165) is 11.3 Å². The molecule has 1 aromatic carbocycles.